The van der Waals surface area contributed by atoms with Gasteiger partial charge >= 0.3 is 23.9 Å². The molecule has 9 atom stereocenters. The van der Waals surface area contributed by atoms with Gasteiger partial charge in [-0.1, -0.05) is 82.6 Å². The van der Waals surface area contributed by atoms with E-state index in [1.54, 1.807) is 81.4 Å². The van der Waals surface area contributed by atoms with Gasteiger partial charge in [0.15, 0.2) is 0 Å². The minimum Gasteiger partial charge on any atom is -0.481 e. The monoisotopic (exact) mass is 1040 g/mol. The van der Waals surface area contributed by atoms with E-state index in [0.29, 0.717) is 5.56 Å². The first-order valence-corrected chi connectivity index (χ1v) is 23.4. The summed E-state index contributed by atoms with van der Waals surface area (Å²) in [6.45, 7) is 7.74. The Kier molecular flexibility index (Phi) is 25.4. The molecule has 0 aliphatic rings. The van der Waals surface area contributed by atoms with Gasteiger partial charge in [0, 0.05) is 24.8 Å². The Balaban J connectivity index is 2.38. The molecule has 0 aliphatic carbocycles. The molecule has 0 unspecified atom stereocenters. The number of hydrogen-bond acceptors (Lipinski definition) is 13. The van der Waals surface area contributed by atoms with Gasteiger partial charge in [-0.25, -0.2) is 4.79 Å². The molecule has 26 nitrogen and oxygen atoms in total. The molecule has 26 heteroatoms. The molecule has 2 aromatic rings. The maximum atomic E-state index is 14.1. The van der Waals surface area contributed by atoms with Gasteiger partial charge in [0.2, 0.25) is 47.3 Å². The largest absolute Gasteiger partial charge is 0.481 e. The lowest BCUT2D eigenvalue weighted by molar-refractivity contribution is -0.144. The second kappa shape index (κ2) is 30.4. The molecule has 0 saturated carbocycles. The van der Waals surface area contributed by atoms with Crippen LogP contribution in [0.15, 0.2) is 60.7 Å². The maximum Gasteiger partial charge on any atom is 0.326 e. The van der Waals surface area contributed by atoms with Crippen LogP contribution >= 0.6 is 0 Å². The van der Waals surface area contributed by atoms with E-state index < -0.39 is 176 Å². The number of rotatable bonds is 32. The van der Waals surface area contributed by atoms with Crippen LogP contribution in [0.1, 0.15) is 95.5 Å². The van der Waals surface area contributed by atoms with E-state index >= 15 is 0 Å². The summed E-state index contributed by atoms with van der Waals surface area (Å²) in [7, 11) is 0. The SMILES string of the molecule is CC[C@H](C)[C@H](NC(=O)[C@@H](NC(=O)[C@@H](Cc1ccccc1)NC(=O)[C@@H](C)NC(=O)c1ccccc1)C(C)C)C(=O)N[C@H](CC(=O)O)C(=O)N[C@@H](CC(=O)O)C(=O)N[C@H](CCC(=O)O)C(=O)N[C@@H](CCC(N)=O)C(=O)O. The fourth-order valence-electron chi connectivity index (χ4n) is 6.95. The fourth-order valence-corrected chi connectivity index (χ4v) is 6.95. The van der Waals surface area contributed by atoms with Gasteiger partial charge in [0.05, 0.1) is 12.8 Å². The summed E-state index contributed by atoms with van der Waals surface area (Å²) in [4.78, 5) is 167. The quantitative estimate of drug-likeness (QED) is 0.0389. The zero-order valence-electron chi connectivity index (χ0n) is 41.4. The molecule has 404 valence electrons. The Labute approximate surface area is 425 Å². The Morgan fingerprint density at radius 2 is 0.905 bits per heavy atom. The Morgan fingerprint density at radius 1 is 0.473 bits per heavy atom. The number of carbonyl (C=O) groups is 13. The summed E-state index contributed by atoms with van der Waals surface area (Å²) < 4.78 is 0. The number of carboxylic acids is 4. The van der Waals surface area contributed by atoms with Crippen molar-refractivity contribution in [3.63, 3.8) is 0 Å². The van der Waals surface area contributed by atoms with Crippen LogP contribution < -0.4 is 48.3 Å². The predicted octanol–water partition coefficient (Wildman–Crippen LogP) is -1.69. The summed E-state index contributed by atoms with van der Waals surface area (Å²) in [5, 5.41) is 56.9. The normalized spacial score (nSPS) is 14.5. The predicted molar refractivity (Wildman–Crippen MR) is 259 cm³/mol. The Hall–Kier alpha value is -8.45. The van der Waals surface area contributed by atoms with Crippen LogP contribution in [-0.4, -0.2) is 146 Å². The maximum absolute atomic E-state index is 14.1. The molecule has 0 radical (unpaired) electrons. The number of carbonyl (C=O) groups excluding carboxylic acids is 9. The molecule has 9 amide bonds. The van der Waals surface area contributed by atoms with Gasteiger partial charge in [-0.15, -0.1) is 0 Å². The minimum absolute atomic E-state index is 0.0579. The number of amides is 9. The fraction of sp³-hybridized carbons (Fsp3) is 0.479. The molecule has 2 aromatic carbocycles. The van der Waals surface area contributed by atoms with Crippen LogP contribution in [0.2, 0.25) is 0 Å². The van der Waals surface area contributed by atoms with Crippen LogP contribution in [0.25, 0.3) is 0 Å². The second-order valence-electron chi connectivity index (χ2n) is 17.6. The van der Waals surface area contributed by atoms with Crippen LogP contribution in [0.4, 0.5) is 0 Å². The number of primary amides is 1. The summed E-state index contributed by atoms with van der Waals surface area (Å²) in [5.74, 6) is -17.1. The summed E-state index contributed by atoms with van der Waals surface area (Å²) in [5.41, 5.74) is 5.97. The molecule has 0 aromatic heterocycles. The van der Waals surface area contributed by atoms with Gasteiger partial charge in [0.25, 0.3) is 5.91 Å². The van der Waals surface area contributed by atoms with Crippen molar-refractivity contribution in [1.29, 1.82) is 0 Å². The van der Waals surface area contributed by atoms with E-state index in [0.717, 1.165) is 0 Å². The average molecular weight is 1040 g/mol. The third-order valence-corrected chi connectivity index (χ3v) is 11.3. The molecular formula is C48H65N9O17. The van der Waals surface area contributed by atoms with Gasteiger partial charge in [-0.2, -0.15) is 0 Å². The smallest absolute Gasteiger partial charge is 0.326 e. The third kappa shape index (κ3) is 21.5. The first-order chi connectivity index (χ1) is 34.7. The minimum atomic E-state index is -2.13. The van der Waals surface area contributed by atoms with E-state index in [2.05, 4.69) is 31.9 Å². The van der Waals surface area contributed by atoms with Crippen LogP contribution in [-0.2, 0) is 64.0 Å². The molecule has 0 bridgehead atoms. The highest BCUT2D eigenvalue weighted by Crippen LogP contribution is 2.13. The third-order valence-electron chi connectivity index (χ3n) is 11.3. The van der Waals surface area contributed by atoms with Crippen molar-refractivity contribution in [2.24, 2.45) is 17.6 Å². The first-order valence-electron chi connectivity index (χ1n) is 23.4. The number of hydrogen-bond donors (Lipinski definition) is 13. The van der Waals surface area contributed by atoms with E-state index in [1.165, 1.54) is 13.8 Å². The second-order valence-corrected chi connectivity index (χ2v) is 17.6. The summed E-state index contributed by atoms with van der Waals surface area (Å²) >= 11 is 0. The molecule has 0 saturated heterocycles. The highest BCUT2D eigenvalue weighted by atomic mass is 16.4. The first kappa shape index (κ1) is 61.7. The molecule has 0 heterocycles. The number of carboxylic acid groups (broad SMARTS) is 4. The number of nitrogens with two attached hydrogens (primary N) is 1. The highest BCUT2D eigenvalue weighted by Gasteiger charge is 2.37. The van der Waals surface area contributed by atoms with Crippen molar-refractivity contribution in [3.8, 4) is 0 Å². The van der Waals surface area contributed by atoms with E-state index in [9.17, 15) is 82.8 Å². The zero-order valence-corrected chi connectivity index (χ0v) is 41.4. The molecule has 0 spiro atoms. The lowest BCUT2D eigenvalue weighted by Gasteiger charge is -2.30. The van der Waals surface area contributed by atoms with Crippen molar-refractivity contribution >= 4 is 77.0 Å². The van der Waals surface area contributed by atoms with Crippen molar-refractivity contribution < 1.29 is 82.8 Å². The molecule has 2 rings (SSSR count). The molecule has 14 N–H and O–H groups in total. The number of aliphatic carboxylic acids is 4. The zero-order chi connectivity index (χ0) is 55.8. The van der Waals surface area contributed by atoms with Gasteiger partial charge in [0.1, 0.15) is 48.3 Å². The number of benzene rings is 2. The van der Waals surface area contributed by atoms with E-state index in [-0.39, 0.29) is 18.4 Å². The number of nitrogens with one attached hydrogen (secondary N) is 8. The molecule has 0 aliphatic heterocycles. The molecule has 0 fully saturated rings. The van der Waals surface area contributed by atoms with Crippen LogP contribution in [0.5, 0.6) is 0 Å². The molecule has 74 heavy (non-hydrogen) atoms. The van der Waals surface area contributed by atoms with Crippen molar-refractivity contribution in [1.82, 2.24) is 42.5 Å². The van der Waals surface area contributed by atoms with Crippen LogP contribution in [0, 0.1) is 11.8 Å². The van der Waals surface area contributed by atoms with Crippen molar-refractivity contribution in [2.75, 3.05) is 0 Å². The summed E-state index contributed by atoms with van der Waals surface area (Å²) in [6.07, 6.45) is -4.72. The van der Waals surface area contributed by atoms with E-state index in [4.69, 9.17) is 5.73 Å². The average Bonchev–Trinajstić information content (AvgIpc) is 3.33. The molecular weight excluding hydrogens is 975 g/mol. The Morgan fingerprint density at radius 3 is 1.39 bits per heavy atom. The van der Waals surface area contributed by atoms with Crippen molar-refractivity contribution in [2.45, 2.75) is 134 Å². The van der Waals surface area contributed by atoms with Gasteiger partial charge in [-0.05, 0) is 49.3 Å². The van der Waals surface area contributed by atoms with Gasteiger partial charge < -0.3 is 68.7 Å². The van der Waals surface area contributed by atoms with E-state index in [1.807, 2.05) is 10.6 Å². The van der Waals surface area contributed by atoms with Crippen molar-refractivity contribution in [3.05, 3.63) is 71.8 Å². The standard InChI is InChI=1S/C48H65N9O17/c1-6-25(4)39(57-46(71)38(24(2)3)56-45(70)31(21-27-13-9-7-10-14-27)53-40(65)26(5)50-41(66)28-15-11-8-12-16-28)47(72)55-33(23-37(63)64)44(69)54-32(22-36(61)62)43(68)51-29(18-20-35(59)60)42(67)52-30(48(73)74)17-19-34(49)58/h7-16,24-26,29-33,38-39H,6,17-23H2,1-5H3,(H2,49,58)(H,50,66)(H,51,68)(H,52,67)(H,53,65)(H,54,69)(H,55,72)(H,56,70)(H,57,71)(H,59,60)(H,61,62)(H,63,64)(H,73,74)/t25-,26+,29+,30-,31+,32-,33+,38-,39-/m0/s1. The Bertz CT molecular complexity index is 2350. The lowest BCUT2D eigenvalue weighted by Crippen LogP contribution is -2.62. The van der Waals surface area contributed by atoms with Gasteiger partial charge in [-0.3, -0.25) is 57.5 Å². The lowest BCUT2D eigenvalue weighted by atomic mass is 9.95. The summed E-state index contributed by atoms with van der Waals surface area (Å²) in [6, 6.07) is 3.49. The topological polar surface area (TPSA) is 425 Å². The highest BCUT2D eigenvalue weighted by molar-refractivity contribution is 6.00. The van der Waals surface area contributed by atoms with Crippen LogP contribution in [0.3, 0.4) is 0 Å².